The molecule has 0 radical (unpaired) electrons. The number of para-hydroxylation sites is 1. The lowest BCUT2D eigenvalue weighted by molar-refractivity contribution is 0.0523. The van der Waals surface area contributed by atoms with E-state index in [1.165, 1.54) is 12.1 Å². The average molecular weight is 302 g/mol. The number of hydrogen-bond donors (Lipinski definition) is 0. The van der Waals surface area contributed by atoms with Crippen LogP contribution in [0.5, 0.6) is 5.75 Å². The molecule has 7 heteroatoms. The molecule has 0 amide bonds. The van der Waals surface area contributed by atoms with Crippen LogP contribution in [-0.4, -0.2) is 25.8 Å². The van der Waals surface area contributed by atoms with E-state index in [2.05, 4.69) is 0 Å². The number of esters is 1. The molecule has 6 nitrogen and oxygen atoms in total. The molecule has 0 aliphatic carbocycles. The van der Waals surface area contributed by atoms with E-state index in [4.69, 9.17) is 18.3 Å². The lowest BCUT2D eigenvalue weighted by Crippen LogP contribution is -2.09. The minimum Gasteiger partial charge on any atom is -0.462 e. The van der Waals surface area contributed by atoms with E-state index in [1.807, 2.05) is 0 Å². The van der Waals surface area contributed by atoms with Crippen LogP contribution in [-0.2, 0) is 18.3 Å². The van der Waals surface area contributed by atoms with Gasteiger partial charge < -0.3 is 9.26 Å². The molecule has 0 aliphatic rings. The summed E-state index contributed by atoms with van der Waals surface area (Å²) < 4.78 is 32.6. The van der Waals surface area contributed by atoms with Gasteiger partial charge >= 0.3 is 13.8 Å². The molecule has 1 aromatic carbocycles. The molecular weight excluding hydrogens is 283 g/mol. The van der Waals surface area contributed by atoms with Crippen molar-refractivity contribution in [2.75, 3.05) is 19.8 Å². The number of carbonyl (C=O) groups excluding carboxylic acids is 1. The van der Waals surface area contributed by atoms with Gasteiger partial charge in [0.2, 0.25) is 0 Å². The third-order valence-electron chi connectivity index (χ3n) is 2.17. The second kappa shape index (κ2) is 8.04. The number of ether oxygens (including phenoxy) is 1. The summed E-state index contributed by atoms with van der Waals surface area (Å²) in [4.78, 5) is 11.8. The van der Waals surface area contributed by atoms with Crippen LogP contribution in [0.4, 0.5) is 0 Å². The van der Waals surface area contributed by atoms with Crippen LogP contribution < -0.4 is 4.52 Å². The molecule has 0 saturated carbocycles. The zero-order chi connectivity index (χ0) is 15.0. The number of hydrogen-bond acceptors (Lipinski definition) is 6. The topological polar surface area (TPSA) is 71.1 Å². The predicted octanol–water partition coefficient (Wildman–Crippen LogP) is 3.42. The zero-order valence-corrected chi connectivity index (χ0v) is 12.7. The highest BCUT2D eigenvalue weighted by Crippen LogP contribution is 2.49. The Hall–Kier alpha value is -1.36. The molecule has 0 aliphatic heterocycles. The van der Waals surface area contributed by atoms with Crippen molar-refractivity contribution < 1.29 is 27.7 Å². The van der Waals surface area contributed by atoms with Crippen molar-refractivity contribution in [3.8, 4) is 5.75 Å². The van der Waals surface area contributed by atoms with Gasteiger partial charge in [0.15, 0.2) is 0 Å². The zero-order valence-electron chi connectivity index (χ0n) is 11.8. The molecule has 0 fully saturated rings. The van der Waals surface area contributed by atoms with Crippen molar-refractivity contribution >= 4 is 13.8 Å². The standard InChI is InChI=1S/C13H19O6P/c1-4-16-13(14)11-9-7-8-10-12(11)19-20(15,17-5-2)18-6-3/h7-10H,4-6H2,1-3H3. The van der Waals surface area contributed by atoms with Crippen LogP contribution in [0.1, 0.15) is 31.1 Å². The highest BCUT2D eigenvalue weighted by molar-refractivity contribution is 7.48. The lowest BCUT2D eigenvalue weighted by Gasteiger charge is -2.18. The highest BCUT2D eigenvalue weighted by atomic mass is 31.2. The van der Waals surface area contributed by atoms with Gasteiger partial charge in [0.1, 0.15) is 11.3 Å². The second-order valence-electron chi connectivity index (χ2n) is 3.59. The summed E-state index contributed by atoms with van der Waals surface area (Å²) in [5, 5.41) is 0. The third kappa shape index (κ3) is 4.63. The van der Waals surface area contributed by atoms with Crippen LogP contribution in [0, 0.1) is 0 Å². The maximum Gasteiger partial charge on any atom is 0.530 e. The minimum absolute atomic E-state index is 0.108. The maximum atomic E-state index is 12.3. The van der Waals surface area contributed by atoms with Gasteiger partial charge in [-0.05, 0) is 32.9 Å². The van der Waals surface area contributed by atoms with E-state index in [-0.39, 0.29) is 31.1 Å². The Morgan fingerprint density at radius 3 is 2.20 bits per heavy atom. The molecule has 0 bridgehead atoms. The van der Waals surface area contributed by atoms with E-state index in [0.29, 0.717) is 0 Å². The van der Waals surface area contributed by atoms with Gasteiger partial charge in [-0.25, -0.2) is 9.36 Å². The van der Waals surface area contributed by atoms with E-state index in [1.54, 1.807) is 32.9 Å². The summed E-state index contributed by atoms with van der Waals surface area (Å²) in [6.45, 7) is 5.62. The van der Waals surface area contributed by atoms with Crippen LogP contribution >= 0.6 is 7.82 Å². The van der Waals surface area contributed by atoms with Gasteiger partial charge in [-0.1, -0.05) is 12.1 Å². The van der Waals surface area contributed by atoms with Gasteiger partial charge in [0.05, 0.1) is 19.8 Å². The number of carbonyl (C=O) groups is 1. The number of rotatable bonds is 8. The van der Waals surface area contributed by atoms with E-state index in [0.717, 1.165) is 0 Å². The van der Waals surface area contributed by atoms with Crippen molar-refractivity contribution in [1.82, 2.24) is 0 Å². The summed E-state index contributed by atoms with van der Waals surface area (Å²) in [5.41, 5.74) is 0.175. The molecule has 0 N–H and O–H groups in total. The summed E-state index contributed by atoms with van der Waals surface area (Å²) in [7, 11) is -3.73. The van der Waals surface area contributed by atoms with Crippen LogP contribution in [0.3, 0.4) is 0 Å². The van der Waals surface area contributed by atoms with Crippen LogP contribution in [0.15, 0.2) is 24.3 Å². The van der Waals surface area contributed by atoms with Gasteiger partial charge in [0.25, 0.3) is 0 Å². The van der Waals surface area contributed by atoms with Crippen LogP contribution in [0.25, 0.3) is 0 Å². The highest BCUT2D eigenvalue weighted by Gasteiger charge is 2.29. The third-order valence-corrected chi connectivity index (χ3v) is 3.74. The molecular formula is C13H19O6P. The molecule has 0 aromatic heterocycles. The van der Waals surface area contributed by atoms with Crippen LogP contribution in [0.2, 0.25) is 0 Å². The molecule has 112 valence electrons. The molecule has 1 aromatic rings. The predicted molar refractivity (Wildman–Crippen MR) is 73.9 cm³/mol. The first-order valence-corrected chi connectivity index (χ1v) is 7.87. The Bertz CT molecular complexity index is 478. The lowest BCUT2D eigenvalue weighted by atomic mass is 10.2. The van der Waals surface area contributed by atoms with Gasteiger partial charge in [0, 0.05) is 0 Å². The largest absolute Gasteiger partial charge is 0.530 e. The molecule has 0 spiro atoms. The first kappa shape index (κ1) is 16.7. The Morgan fingerprint density at radius 2 is 1.65 bits per heavy atom. The fraction of sp³-hybridized carbons (Fsp3) is 0.462. The van der Waals surface area contributed by atoms with E-state index >= 15 is 0 Å². The Labute approximate surface area is 118 Å². The van der Waals surface area contributed by atoms with E-state index < -0.39 is 13.8 Å². The molecule has 0 unspecified atom stereocenters. The summed E-state index contributed by atoms with van der Waals surface area (Å²) in [6, 6.07) is 6.35. The number of phosphoric ester groups is 1. The molecule has 1 rings (SSSR count). The summed E-state index contributed by atoms with van der Waals surface area (Å²) >= 11 is 0. The van der Waals surface area contributed by atoms with Crippen molar-refractivity contribution in [3.05, 3.63) is 29.8 Å². The maximum absolute atomic E-state index is 12.3. The first-order valence-electron chi connectivity index (χ1n) is 6.41. The van der Waals surface area contributed by atoms with Crippen molar-refractivity contribution in [3.63, 3.8) is 0 Å². The molecule has 0 heterocycles. The van der Waals surface area contributed by atoms with Crippen molar-refractivity contribution in [2.45, 2.75) is 20.8 Å². The first-order chi connectivity index (χ1) is 9.56. The summed E-state index contributed by atoms with van der Waals surface area (Å²) in [6.07, 6.45) is 0. The second-order valence-corrected chi connectivity index (χ2v) is 5.18. The quantitative estimate of drug-likeness (QED) is 0.541. The summed E-state index contributed by atoms with van der Waals surface area (Å²) in [5.74, 6) is -0.446. The monoisotopic (exact) mass is 302 g/mol. The SMILES string of the molecule is CCOC(=O)c1ccccc1OP(=O)(OCC)OCC. The Morgan fingerprint density at radius 1 is 1.05 bits per heavy atom. The average Bonchev–Trinajstić information content (AvgIpc) is 2.40. The van der Waals surface area contributed by atoms with Crippen molar-refractivity contribution in [2.24, 2.45) is 0 Å². The minimum atomic E-state index is -3.73. The fourth-order valence-electron chi connectivity index (χ4n) is 1.45. The molecule has 0 atom stereocenters. The van der Waals surface area contributed by atoms with Gasteiger partial charge in [-0.2, -0.15) is 0 Å². The normalized spacial score (nSPS) is 11.2. The Balaban J connectivity index is 3.01. The number of phosphoric acid groups is 1. The Kier molecular flexibility index (Phi) is 6.71. The molecule has 0 saturated heterocycles. The van der Waals surface area contributed by atoms with Gasteiger partial charge in [-0.3, -0.25) is 9.05 Å². The van der Waals surface area contributed by atoms with E-state index in [9.17, 15) is 9.36 Å². The van der Waals surface area contributed by atoms with Crippen molar-refractivity contribution in [1.29, 1.82) is 0 Å². The molecule has 20 heavy (non-hydrogen) atoms. The number of benzene rings is 1. The smallest absolute Gasteiger partial charge is 0.462 e. The fourth-order valence-corrected chi connectivity index (χ4v) is 2.66. The van der Waals surface area contributed by atoms with Gasteiger partial charge in [-0.15, -0.1) is 0 Å².